The summed E-state index contributed by atoms with van der Waals surface area (Å²) in [7, 11) is 0. The zero-order valence-corrected chi connectivity index (χ0v) is 6.23. The van der Waals surface area contributed by atoms with Crippen LogP contribution in [-0.2, 0) is 4.74 Å². The largest absolute Gasteiger partial charge is 0.381 e. The Labute approximate surface area is 60.7 Å². The van der Waals surface area contributed by atoms with E-state index < -0.39 is 0 Å². The average Bonchev–Trinajstić information content (AvgIpc) is 2.44. The second kappa shape index (κ2) is 1.87. The quantitative estimate of drug-likeness (QED) is 0.398. The molecule has 0 saturated carbocycles. The molecule has 0 aromatic heterocycles. The normalized spacial score (nSPS) is 39.0. The van der Waals surface area contributed by atoms with Crippen LogP contribution in [0.2, 0.25) is 0 Å². The van der Waals surface area contributed by atoms with Crippen LogP contribution < -0.4 is 0 Å². The van der Waals surface area contributed by atoms with Crippen molar-refractivity contribution in [3.8, 4) is 0 Å². The minimum atomic E-state index is 0.460. The fraction of sp³-hybridized carbons (Fsp3) is 1.00. The Morgan fingerprint density at radius 2 is 1.89 bits per heavy atom. The van der Waals surface area contributed by atoms with Gasteiger partial charge in [-0.1, -0.05) is 12.8 Å². The molecule has 1 unspecified atom stereocenters. The molecule has 2 aliphatic heterocycles. The van der Waals surface area contributed by atoms with Gasteiger partial charge in [-0.05, 0) is 12.8 Å². The van der Waals surface area contributed by atoms with Gasteiger partial charge in [-0.25, -0.2) is 4.31 Å². The average molecular weight is 145 g/mol. The first-order chi connectivity index (χ1) is 4.33. The highest BCUT2D eigenvalue weighted by molar-refractivity contribution is 7.78. The highest BCUT2D eigenvalue weighted by Gasteiger charge is 2.50. The second-order valence-electron chi connectivity index (χ2n) is 2.89. The van der Waals surface area contributed by atoms with Gasteiger partial charge in [0.25, 0.3) is 0 Å². The highest BCUT2D eigenvalue weighted by atomic mass is 32.1. The van der Waals surface area contributed by atoms with Crippen LogP contribution in [0.25, 0.3) is 0 Å². The van der Waals surface area contributed by atoms with Crippen molar-refractivity contribution in [1.82, 2.24) is 4.31 Å². The van der Waals surface area contributed by atoms with Crippen molar-refractivity contribution in [2.45, 2.75) is 18.4 Å². The number of ether oxygens (including phenoxy) is 1. The van der Waals surface area contributed by atoms with E-state index in [9.17, 15) is 0 Å². The van der Waals surface area contributed by atoms with Crippen LogP contribution in [0.4, 0.5) is 0 Å². The lowest BCUT2D eigenvalue weighted by Gasteiger charge is -2.20. The molecule has 2 heterocycles. The number of hydrogen-bond acceptors (Lipinski definition) is 3. The lowest BCUT2D eigenvalue weighted by Crippen LogP contribution is -2.25. The van der Waals surface area contributed by atoms with Crippen LogP contribution in [0.5, 0.6) is 0 Å². The smallest absolute Gasteiger partial charge is 0.0492 e. The molecular weight excluding hydrogens is 134 g/mol. The summed E-state index contributed by atoms with van der Waals surface area (Å²) in [5.74, 6) is 0. The molecule has 1 spiro atoms. The van der Waals surface area contributed by atoms with Gasteiger partial charge < -0.3 is 4.74 Å². The lowest BCUT2D eigenvalue weighted by atomic mass is 10.0. The van der Waals surface area contributed by atoms with E-state index in [4.69, 9.17) is 4.74 Å². The van der Waals surface area contributed by atoms with Gasteiger partial charge in [0.2, 0.25) is 0 Å². The molecule has 2 rings (SSSR count). The molecule has 0 radical (unpaired) electrons. The zero-order chi connectivity index (χ0) is 6.32. The van der Waals surface area contributed by atoms with Gasteiger partial charge in [0, 0.05) is 25.3 Å². The summed E-state index contributed by atoms with van der Waals surface area (Å²) < 4.78 is 7.35. The summed E-state index contributed by atoms with van der Waals surface area (Å²) in [6.45, 7) is 3.02. The van der Waals surface area contributed by atoms with E-state index in [0.29, 0.717) is 5.54 Å². The Morgan fingerprint density at radius 3 is 2.22 bits per heavy atom. The third-order valence-corrected chi connectivity index (χ3v) is 2.88. The topological polar surface area (TPSA) is 12.2 Å². The Balaban J connectivity index is 1.97. The van der Waals surface area contributed by atoms with Crippen LogP contribution in [0.3, 0.4) is 0 Å². The molecule has 3 heteroatoms. The highest BCUT2D eigenvalue weighted by Crippen LogP contribution is 2.42. The molecule has 0 amide bonds. The molecule has 9 heavy (non-hydrogen) atoms. The summed E-state index contributed by atoms with van der Waals surface area (Å²) >= 11 is 4.28. The van der Waals surface area contributed by atoms with Gasteiger partial charge >= 0.3 is 0 Å². The van der Waals surface area contributed by atoms with Crippen LogP contribution in [0, 0.1) is 0 Å². The van der Waals surface area contributed by atoms with Crippen molar-refractivity contribution in [3.63, 3.8) is 0 Å². The molecule has 52 valence electrons. The van der Waals surface area contributed by atoms with E-state index in [1.807, 2.05) is 0 Å². The monoisotopic (exact) mass is 145 g/mol. The standard InChI is InChI=1S/C6H11NOS/c9-7-5-6(7)1-3-8-4-2-6/h9H,1-5H2. The van der Waals surface area contributed by atoms with Crippen molar-refractivity contribution >= 4 is 12.8 Å². The molecular formula is C6H11NOS. The van der Waals surface area contributed by atoms with Crippen molar-refractivity contribution < 1.29 is 4.74 Å². The van der Waals surface area contributed by atoms with Crippen LogP contribution in [-0.4, -0.2) is 29.6 Å². The molecule has 0 aromatic carbocycles. The van der Waals surface area contributed by atoms with Crippen molar-refractivity contribution in [1.29, 1.82) is 0 Å². The molecule has 2 fully saturated rings. The molecule has 0 N–H and O–H groups in total. The number of nitrogens with zero attached hydrogens (tertiary/aromatic N) is 1. The maximum Gasteiger partial charge on any atom is 0.0492 e. The van der Waals surface area contributed by atoms with Crippen LogP contribution >= 0.6 is 12.8 Å². The SMILES string of the molecule is SN1CC12CCOCC2. The lowest BCUT2D eigenvalue weighted by molar-refractivity contribution is 0.0733. The summed E-state index contributed by atoms with van der Waals surface area (Å²) in [6.07, 6.45) is 2.35. The van der Waals surface area contributed by atoms with Gasteiger partial charge in [0.1, 0.15) is 0 Å². The van der Waals surface area contributed by atoms with Crippen molar-refractivity contribution in [2.24, 2.45) is 0 Å². The molecule has 2 aliphatic rings. The Hall–Kier alpha value is 0.270. The minimum Gasteiger partial charge on any atom is -0.381 e. The summed E-state index contributed by atoms with van der Waals surface area (Å²) in [4.78, 5) is 0. The summed E-state index contributed by atoms with van der Waals surface area (Å²) in [5.41, 5.74) is 0.460. The molecule has 2 saturated heterocycles. The van der Waals surface area contributed by atoms with Gasteiger partial charge in [-0.15, -0.1) is 0 Å². The first-order valence-electron chi connectivity index (χ1n) is 3.38. The zero-order valence-electron chi connectivity index (χ0n) is 5.34. The first-order valence-corrected chi connectivity index (χ1v) is 3.78. The van der Waals surface area contributed by atoms with E-state index in [0.717, 1.165) is 13.2 Å². The molecule has 1 atom stereocenters. The fourth-order valence-corrected chi connectivity index (χ4v) is 1.87. The van der Waals surface area contributed by atoms with Crippen molar-refractivity contribution in [3.05, 3.63) is 0 Å². The number of hydrogen-bond donors (Lipinski definition) is 1. The summed E-state index contributed by atoms with van der Waals surface area (Å²) in [6, 6.07) is 0. The Morgan fingerprint density at radius 1 is 1.33 bits per heavy atom. The van der Waals surface area contributed by atoms with E-state index in [-0.39, 0.29) is 0 Å². The van der Waals surface area contributed by atoms with Gasteiger partial charge in [0.15, 0.2) is 0 Å². The molecule has 0 aliphatic carbocycles. The minimum absolute atomic E-state index is 0.460. The molecule has 0 bridgehead atoms. The van der Waals surface area contributed by atoms with E-state index in [1.54, 1.807) is 0 Å². The van der Waals surface area contributed by atoms with Crippen LogP contribution in [0.15, 0.2) is 0 Å². The maximum atomic E-state index is 5.23. The van der Waals surface area contributed by atoms with Gasteiger partial charge in [0.05, 0.1) is 0 Å². The van der Waals surface area contributed by atoms with Crippen molar-refractivity contribution in [2.75, 3.05) is 19.8 Å². The molecule has 2 nitrogen and oxygen atoms in total. The van der Waals surface area contributed by atoms with Crippen LogP contribution in [0.1, 0.15) is 12.8 Å². The van der Waals surface area contributed by atoms with Gasteiger partial charge in [-0.3, -0.25) is 0 Å². The fourth-order valence-electron chi connectivity index (χ4n) is 1.41. The maximum absolute atomic E-state index is 5.23. The number of rotatable bonds is 0. The predicted molar refractivity (Wildman–Crippen MR) is 38.5 cm³/mol. The third-order valence-electron chi connectivity index (χ3n) is 2.31. The summed E-state index contributed by atoms with van der Waals surface area (Å²) in [5, 5.41) is 0. The second-order valence-corrected chi connectivity index (χ2v) is 3.38. The van der Waals surface area contributed by atoms with E-state index >= 15 is 0 Å². The van der Waals surface area contributed by atoms with Gasteiger partial charge in [-0.2, -0.15) is 0 Å². The first kappa shape index (κ1) is 6.01. The molecule has 0 aromatic rings. The Bertz CT molecular complexity index is 122. The third kappa shape index (κ3) is 0.876. The van der Waals surface area contributed by atoms with E-state index in [2.05, 4.69) is 17.1 Å². The number of thiol groups is 1. The Kier molecular flexibility index (Phi) is 1.25. The predicted octanol–water partition coefficient (Wildman–Crippen LogP) is 0.696. The van der Waals surface area contributed by atoms with E-state index in [1.165, 1.54) is 19.4 Å².